The smallest absolute Gasteiger partial charge is 0.153 e. The Labute approximate surface area is 126 Å². The van der Waals surface area contributed by atoms with Crippen LogP contribution in [0.5, 0.6) is 0 Å². The Bertz CT molecular complexity index is 686. The Kier molecular flexibility index (Phi) is 3.84. The molecule has 1 aromatic heterocycles. The van der Waals surface area contributed by atoms with Crippen LogP contribution in [-0.2, 0) is 5.54 Å². The number of nitrogens with zero attached hydrogens (tertiary/aromatic N) is 3. The van der Waals surface area contributed by atoms with E-state index in [0.29, 0.717) is 0 Å². The Balaban J connectivity index is 2.14. The largest absolute Gasteiger partial charge is 0.288 e. The first-order valence-electron chi connectivity index (χ1n) is 7.62. The molecule has 108 valence electrons. The molecule has 21 heavy (non-hydrogen) atoms. The van der Waals surface area contributed by atoms with Gasteiger partial charge in [0.2, 0.25) is 0 Å². The van der Waals surface area contributed by atoms with Crippen LogP contribution in [0.15, 0.2) is 54.8 Å². The van der Waals surface area contributed by atoms with Crippen molar-refractivity contribution in [3.63, 3.8) is 0 Å². The van der Waals surface area contributed by atoms with Crippen LogP contribution in [0, 0.1) is 0 Å². The molecule has 0 saturated carbocycles. The topological polar surface area (TPSA) is 29.0 Å². The van der Waals surface area contributed by atoms with Gasteiger partial charge in [0.05, 0.1) is 5.52 Å². The van der Waals surface area contributed by atoms with Crippen LogP contribution in [0.3, 0.4) is 0 Å². The predicted molar refractivity (Wildman–Crippen MR) is 87.0 cm³/mol. The fourth-order valence-corrected chi connectivity index (χ4v) is 3.12. The third-order valence-corrected chi connectivity index (χ3v) is 4.25. The van der Waals surface area contributed by atoms with Gasteiger partial charge in [0.15, 0.2) is 5.82 Å². The molecule has 0 fully saturated rings. The molecule has 1 aromatic carbocycles. The van der Waals surface area contributed by atoms with E-state index in [2.05, 4.69) is 60.2 Å². The van der Waals surface area contributed by atoms with Crippen LogP contribution in [0.25, 0.3) is 10.9 Å². The van der Waals surface area contributed by atoms with E-state index in [1.807, 2.05) is 18.3 Å². The molecule has 2 aromatic rings. The van der Waals surface area contributed by atoms with Gasteiger partial charge in [-0.25, -0.2) is 9.97 Å². The van der Waals surface area contributed by atoms with Gasteiger partial charge in [-0.3, -0.25) is 4.90 Å². The third-order valence-electron chi connectivity index (χ3n) is 4.25. The Morgan fingerprint density at radius 1 is 1.14 bits per heavy atom. The number of rotatable bonds is 4. The van der Waals surface area contributed by atoms with Crippen molar-refractivity contribution in [2.75, 3.05) is 13.1 Å². The fraction of sp³-hybridized carbons (Fsp3) is 0.333. The van der Waals surface area contributed by atoms with Gasteiger partial charge in [-0.2, -0.15) is 0 Å². The first-order valence-corrected chi connectivity index (χ1v) is 7.62. The summed E-state index contributed by atoms with van der Waals surface area (Å²) >= 11 is 0. The maximum Gasteiger partial charge on any atom is 0.153 e. The van der Waals surface area contributed by atoms with Gasteiger partial charge in [0, 0.05) is 11.6 Å². The zero-order valence-electron chi connectivity index (χ0n) is 12.7. The van der Waals surface area contributed by atoms with Crippen LogP contribution in [-0.4, -0.2) is 28.0 Å². The Morgan fingerprint density at radius 2 is 1.95 bits per heavy atom. The monoisotopic (exact) mass is 279 g/mol. The van der Waals surface area contributed by atoms with Crippen molar-refractivity contribution in [2.45, 2.75) is 25.8 Å². The molecule has 1 aliphatic carbocycles. The van der Waals surface area contributed by atoms with Gasteiger partial charge >= 0.3 is 0 Å². The van der Waals surface area contributed by atoms with Crippen molar-refractivity contribution in [1.29, 1.82) is 0 Å². The lowest BCUT2D eigenvalue weighted by Crippen LogP contribution is -2.46. The van der Waals surface area contributed by atoms with Crippen molar-refractivity contribution in [2.24, 2.45) is 0 Å². The first kappa shape index (κ1) is 14.0. The van der Waals surface area contributed by atoms with E-state index in [1.54, 1.807) is 0 Å². The highest BCUT2D eigenvalue weighted by Crippen LogP contribution is 2.34. The quantitative estimate of drug-likeness (QED) is 0.855. The van der Waals surface area contributed by atoms with Crippen molar-refractivity contribution < 1.29 is 0 Å². The molecule has 3 heteroatoms. The second-order valence-corrected chi connectivity index (χ2v) is 5.34. The van der Waals surface area contributed by atoms with E-state index in [0.717, 1.165) is 36.2 Å². The molecule has 3 nitrogen and oxygen atoms in total. The Morgan fingerprint density at radius 3 is 2.67 bits per heavy atom. The molecule has 3 rings (SSSR count). The summed E-state index contributed by atoms with van der Waals surface area (Å²) in [6.07, 6.45) is 11.5. The van der Waals surface area contributed by atoms with Crippen molar-refractivity contribution in [3.05, 3.63) is 60.6 Å². The van der Waals surface area contributed by atoms with Gasteiger partial charge in [0.1, 0.15) is 5.54 Å². The molecular formula is C18H21N3. The molecule has 0 spiro atoms. The number of hydrogen-bond acceptors (Lipinski definition) is 3. The lowest BCUT2D eigenvalue weighted by molar-refractivity contribution is 0.137. The van der Waals surface area contributed by atoms with Crippen molar-refractivity contribution >= 4 is 10.9 Å². The number of hydrogen-bond donors (Lipinski definition) is 0. The lowest BCUT2D eigenvalue weighted by atomic mass is 9.87. The van der Waals surface area contributed by atoms with E-state index in [1.165, 1.54) is 0 Å². The van der Waals surface area contributed by atoms with Gasteiger partial charge in [-0.1, -0.05) is 56.4 Å². The molecule has 1 unspecified atom stereocenters. The molecule has 0 saturated heterocycles. The highest BCUT2D eigenvalue weighted by molar-refractivity contribution is 5.77. The SMILES string of the molecule is CCN(CC)C1(c2ncc3ccccc3n2)C=CC=CC1. The van der Waals surface area contributed by atoms with Crippen molar-refractivity contribution in [1.82, 2.24) is 14.9 Å². The lowest BCUT2D eigenvalue weighted by Gasteiger charge is -2.40. The zero-order chi connectivity index (χ0) is 14.7. The number of aromatic nitrogens is 2. The van der Waals surface area contributed by atoms with Crippen LogP contribution in [0.2, 0.25) is 0 Å². The van der Waals surface area contributed by atoms with Gasteiger partial charge in [0.25, 0.3) is 0 Å². The minimum absolute atomic E-state index is 0.220. The minimum atomic E-state index is -0.220. The average Bonchev–Trinajstić information content (AvgIpc) is 2.56. The first-order chi connectivity index (χ1) is 10.3. The van der Waals surface area contributed by atoms with Crippen LogP contribution >= 0.6 is 0 Å². The molecule has 1 atom stereocenters. The molecule has 0 N–H and O–H groups in total. The standard InChI is InChI=1S/C18H21N3/c1-3-21(4-2)18(12-8-5-9-13-18)17-19-14-15-10-6-7-11-16(15)20-17/h5-12,14H,3-4,13H2,1-2H3. The summed E-state index contributed by atoms with van der Waals surface area (Å²) in [6.45, 7) is 6.34. The highest BCUT2D eigenvalue weighted by Gasteiger charge is 2.37. The molecule has 1 heterocycles. The summed E-state index contributed by atoms with van der Waals surface area (Å²) in [4.78, 5) is 12.0. The molecule has 0 bridgehead atoms. The summed E-state index contributed by atoms with van der Waals surface area (Å²) in [5.74, 6) is 0.894. The summed E-state index contributed by atoms with van der Waals surface area (Å²) < 4.78 is 0. The van der Waals surface area contributed by atoms with E-state index in [9.17, 15) is 0 Å². The molecule has 0 radical (unpaired) electrons. The minimum Gasteiger partial charge on any atom is -0.288 e. The van der Waals surface area contributed by atoms with Gasteiger partial charge < -0.3 is 0 Å². The maximum absolute atomic E-state index is 4.85. The fourth-order valence-electron chi connectivity index (χ4n) is 3.12. The van der Waals surface area contributed by atoms with E-state index in [-0.39, 0.29) is 5.54 Å². The van der Waals surface area contributed by atoms with Crippen LogP contribution in [0.1, 0.15) is 26.1 Å². The number of allylic oxidation sites excluding steroid dienone is 2. The second-order valence-electron chi connectivity index (χ2n) is 5.34. The zero-order valence-corrected chi connectivity index (χ0v) is 12.7. The van der Waals surface area contributed by atoms with Crippen molar-refractivity contribution in [3.8, 4) is 0 Å². The maximum atomic E-state index is 4.85. The second kappa shape index (κ2) is 5.78. The summed E-state index contributed by atoms with van der Waals surface area (Å²) in [5, 5.41) is 1.09. The average molecular weight is 279 g/mol. The molecule has 1 aliphatic rings. The van der Waals surface area contributed by atoms with E-state index in [4.69, 9.17) is 4.98 Å². The van der Waals surface area contributed by atoms with Crippen LogP contribution < -0.4 is 0 Å². The normalized spacial score (nSPS) is 21.3. The van der Waals surface area contributed by atoms with Gasteiger partial charge in [-0.15, -0.1) is 0 Å². The molecule has 0 aliphatic heterocycles. The summed E-state index contributed by atoms with van der Waals surface area (Å²) in [7, 11) is 0. The van der Waals surface area contributed by atoms with Gasteiger partial charge in [-0.05, 0) is 25.6 Å². The van der Waals surface area contributed by atoms with E-state index < -0.39 is 0 Å². The highest BCUT2D eigenvalue weighted by atomic mass is 15.2. The summed E-state index contributed by atoms with van der Waals surface area (Å²) in [5.41, 5.74) is 0.791. The van der Waals surface area contributed by atoms with E-state index >= 15 is 0 Å². The van der Waals surface area contributed by atoms with Crippen LogP contribution in [0.4, 0.5) is 0 Å². The number of likely N-dealkylation sites (N-methyl/N-ethyl adjacent to an activating group) is 1. The number of para-hydroxylation sites is 1. The number of benzene rings is 1. The predicted octanol–water partition coefficient (Wildman–Crippen LogP) is 3.68. The molecule has 0 amide bonds. The number of fused-ring (bicyclic) bond motifs is 1. The molecular weight excluding hydrogens is 258 g/mol. The third kappa shape index (κ3) is 2.38. The summed E-state index contributed by atoms with van der Waals surface area (Å²) in [6, 6.07) is 8.16. The Hall–Kier alpha value is -2.00.